The number of aromatic nitrogens is 2. The van der Waals surface area contributed by atoms with E-state index in [4.69, 9.17) is 10.4 Å². The number of carbonyl (C=O) groups is 1. The third-order valence-electron chi connectivity index (χ3n) is 4.42. The van der Waals surface area contributed by atoms with Gasteiger partial charge in [0.2, 0.25) is 5.91 Å². The molecule has 3 aromatic rings. The van der Waals surface area contributed by atoms with Crippen molar-refractivity contribution in [1.82, 2.24) is 15.2 Å². The number of benzene rings is 2. The Bertz CT molecular complexity index is 874. The molecule has 0 radical (unpaired) electrons. The van der Waals surface area contributed by atoms with Gasteiger partial charge in [-0.15, -0.1) is 0 Å². The van der Waals surface area contributed by atoms with Crippen LogP contribution in [0, 0.1) is 0 Å². The van der Waals surface area contributed by atoms with E-state index in [1.807, 2.05) is 30.3 Å². The van der Waals surface area contributed by atoms with E-state index >= 15 is 0 Å². The first-order valence-electron chi connectivity index (χ1n) is 7.52. The van der Waals surface area contributed by atoms with Gasteiger partial charge in [0.25, 0.3) is 0 Å². The molecule has 1 aliphatic heterocycles. The lowest BCUT2D eigenvalue weighted by Gasteiger charge is -2.35. The fourth-order valence-electron chi connectivity index (χ4n) is 3.23. The minimum atomic E-state index is -0.319. The lowest BCUT2D eigenvalue weighted by Crippen LogP contribution is -2.48. The summed E-state index contributed by atoms with van der Waals surface area (Å²) in [7, 11) is 0. The van der Waals surface area contributed by atoms with Crippen molar-refractivity contribution < 1.29 is 9.42 Å². The molecule has 116 valence electrons. The van der Waals surface area contributed by atoms with Gasteiger partial charge in [0.1, 0.15) is 11.0 Å². The molecule has 0 spiro atoms. The van der Waals surface area contributed by atoms with Gasteiger partial charge in [-0.3, -0.25) is 9.69 Å². The molecule has 6 nitrogen and oxygen atoms in total. The van der Waals surface area contributed by atoms with Crippen LogP contribution in [0.2, 0.25) is 0 Å². The molecule has 1 amide bonds. The van der Waals surface area contributed by atoms with E-state index in [2.05, 4.69) is 27.3 Å². The van der Waals surface area contributed by atoms with E-state index in [-0.39, 0.29) is 11.9 Å². The van der Waals surface area contributed by atoms with Gasteiger partial charge >= 0.3 is 0 Å². The number of nitrogens with two attached hydrogens (primary N) is 1. The van der Waals surface area contributed by atoms with Crippen LogP contribution in [-0.2, 0) is 24.3 Å². The minimum Gasteiger partial charge on any atom is -0.368 e. The Balaban J connectivity index is 1.69. The second-order valence-electron chi connectivity index (χ2n) is 5.85. The molecule has 0 bridgehead atoms. The van der Waals surface area contributed by atoms with Gasteiger partial charge in [0.15, 0.2) is 0 Å². The molecular formula is C17H16N4O2. The van der Waals surface area contributed by atoms with Gasteiger partial charge in [-0.05, 0) is 39.5 Å². The number of nitrogens with zero attached hydrogens (tertiary/aromatic N) is 3. The maximum absolute atomic E-state index is 11.9. The molecule has 0 fully saturated rings. The number of rotatable bonds is 3. The highest BCUT2D eigenvalue weighted by molar-refractivity contribution is 5.81. The number of hydrogen-bond acceptors (Lipinski definition) is 5. The summed E-state index contributed by atoms with van der Waals surface area (Å²) in [6.45, 7) is 1.26. The highest BCUT2D eigenvalue weighted by Crippen LogP contribution is 2.26. The molecule has 2 aromatic carbocycles. The number of primary amides is 1. The van der Waals surface area contributed by atoms with Crippen molar-refractivity contribution in [2.45, 2.75) is 25.6 Å². The van der Waals surface area contributed by atoms with E-state index < -0.39 is 0 Å². The molecule has 23 heavy (non-hydrogen) atoms. The summed E-state index contributed by atoms with van der Waals surface area (Å²) in [5.74, 6) is -0.301. The summed E-state index contributed by atoms with van der Waals surface area (Å²) < 4.78 is 4.82. The Kier molecular flexibility index (Phi) is 3.31. The largest absolute Gasteiger partial charge is 0.368 e. The van der Waals surface area contributed by atoms with Crippen LogP contribution in [0.5, 0.6) is 0 Å². The topological polar surface area (TPSA) is 85.3 Å². The highest BCUT2D eigenvalue weighted by atomic mass is 16.6. The van der Waals surface area contributed by atoms with Crippen molar-refractivity contribution in [2.75, 3.05) is 0 Å². The Morgan fingerprint density at radius 1 is 1.17 bits per heavy atom. The molecule has 1 unspecified atom stereocenters. The Hall–Kier alpha value is -2.73. The Morgan fingerprint density at radius 2 is 2.00 bits per heavy atom. The maximum atomic E-state index is 11.9. The van der Waals surface area contributed by atoms with Crippen LogP contribution in [-0.4, -0.2) is 27.2 Å². The van der Waals surface area contributed by atoms with Gasteiger partial charge < -0.3 is 5.73 Å². The highest BCUT2D eigenvalue weighted by Gasteiger charge is 2.30. The SMILES string of the molecule is NC(=O)C1Cc2ccccc2CN1Cc1cccc2nonc12. The van der Waals surface area contributed by atoms with Crippen LogP contribution in [0.25, 0.3) is 11.0 Å². The minimum absolute atomic E-state index is 0.301. The van der Waals surface area contributed by atoms with E-state index in [0.29, 0.717) is 19.5 Å². The number of fused-ring (bicyclic) bond motifs is 2. The average Bonchev–Trinajstić information content (AvgIpc) is 3.04. The molecule has 4 rings (SSSR count). The first-order chi connectivity index (χ1) is 11.2. The summed E-state index contributed by atoms with van der Waals surface area (Å²) in [6, 6.07) is 13.6. The quantitative estimate of drug-likeness (QED) is 0.795. The molecule has 0 aliphatic carbocycles. The summed E-state index contributed by atoms with van der Waals surface area (Å²) >= 11 is 0. The van der Waals surface area contributed by atoms with Crippen molar-refractivity contribution >= 4 is 16.9 Å². The van der Waals surface area contributed by atoms with Gasteiger partial charge in [-0.1, -0.05) is 36.4 Å². The molecule has 6 heteroatoms. The van der Waals surface area contributed by atoms with Crippen LogP contribution < -0.4 is 5.73 Å². The summed E-state index contributed by atoms with van der Waals surface area (Å²) in [5.41, 5.74) is 10.5. The fraction of sp³-hybridized carbons (Fsp3) is 0.235. The van der Waals surface area contributed by atoms with Crippen molar-refractivity contribution in [3.8, 4) is 0 Å². The van der Waals surface area contributed by atoms with Gasteiger partial charge in [-0.25, -0.2) is 4.63 Å². The van der Waals surface area contributed by atoms with E-state index in [0.717, 1.165) is 16.6 Å². The van der Waals surface area contributed by atoms with Crippen molar-refractivity contribution in [3.63, 3.8) is 0 Å². The average molecular weight is 308 g/mol. The Morgan fingerprint density at radius 3 is 2.83 bits per heavy atom. The zero-order valence-corrected chi connectivity index (χ0v) is 12.5. The maximum Gasteiger partial charge on any atom is 0.235 e. The van der Waals surface area contributed by atoms with E-state index in [1.54, 1.807) is 0 Å². The van der Waals surface area contributed by atoms with Crippen LogP contribution in [0.15, 0.2) is 47.1 Å². The zero-order valence-electron chi connectivity index (χ0n) is 12.5. The first kappa shape index (κ1) is 13.9. The molecule has 0 saturated carbocycles. The zero-order chi connectivity index (χ0) is 15.8. The van der Waals surface area contributed by atoms with Crippen molar-refractivity contribution in [3.05, 3.63) is 59.2 Å². The normalized spacial score (nSPS) is 18.0. The van der Waals surface area contributed by atoms with E-state index in [1.165, 1.54) is 11.1 Å². The molecule has 1 aliphatic rings. The third kappa shape index (κ3) is 2.47. The molecule has 1 aromatic heterocycles. The lowest BCUT2D eigenvalue weighted by molar-refractivity contribution is -0.124. The molecule has 2 heterocycles. The third-order valence-corrected chi connectivity index (χ3v) is 4.42. The summed E-state index contributed by atoms with van der Waals surface area (Å²) in [5, 5.41) is 7.84. The molecular weight excluding hydrogens is 292 g/mol. The molecule has 0 saturated heterocycles. The van der Waals surface area contributed by atoms with Crippen LogP contribution in [0.3, 0.4) is 0 Å². The second-order valence-corrected chi connectivity index (χ2v) is 5.85. The van der Waals surface area contributed by atoms with Crippen LogP contribution >= 0.6 is 0 Å². The van der Waals surface area contributed by atoms with Crippen LogP contribution in [0.4, 0.5) is 0 Å². The standard InChI is InChI=1S/C17H16N4O2/c18-17(22)15-8-11-4-1-2-5-12(11)9-21(15)10-13-6-3-7-14-16(13)20-23-19-14/h1-7,15H,8-10H2,(H2,18,22). The molecule has 1 atom stereocenters. The monoisotopic (exact) mass is 308 g/mol. The fourth-order valence-corrected chi connectivity index (χ4v) is 3.23. The van der Waals surface area contributed by atoms with Gasteiger partial charge in [-0.2, -0.15) is 0 Å². The van der Waals surface area contributed by atoms with Gasteiger partial charge in [0.05, 0.1) is 6.04 Å². The Labute approximate surface area is 132 Å². The number of carbonyl (C=O) groups excluding carboxylic acids is 1. The van der Waals surface area contributed by atoms with Crippen molar-refractivity contribution in [2.24, 2.45) is 5.73 Å². The molecule has 2 N–H and O–H groups in total. The van der Waals surface area contributed by atoms with Crippen molar-refractivity contribution in [1.29, 1.82) is 0 Å². The predicted octanol–water partition coefficient (Wildman–Crippen LogP) is 1.63. The lowest BCUT2D eigenvalue weighted by atomic mass is 9.93. The smallest absolute Gasteiger partial charge is 0.235 e. The van der Waals surface area contributed by atoms with Gasteiger partial charge in [0, 0.05) is 13.1 Å². The summed E-state index contributed by atoms with van der Waals surface area (Å²) in [4.78, 5) is 14.0. The second kappa shape index (κ2) is 5.48. The van der Waals surface area contributed by atoms with Crippen LogP contribution in [0.1, 0.15) is 16.7 Å². The van der Waals surface area contributed by atoms with E-state index in [9.17, 15) is 4.79 Å². The predicted molar refractivity (Wildman–Crippen MR) is 84.2 cm³/mol. The number of amides is 1. The first-order valence-corrected chi connectivity index (χ1v) is 7.52. The summed E-state index contributed by atoms with van der Waals surface area (Å²) in [6.07, 6.45) is 0.637. The number of hydrogen-bond donors (Lipinski definition) is 1.